The van der Waals surface area contributed by atoms with Crippen LogP contribution in [0.3, 0.4) is 0 Å². The van der Waals surface area contributed by atoms with Crippen LogP contribution in [0.25, 0.3) is 0 Å². The molecule has 0 aliphatic heterocycles. The van der Waals surface area contributed by atoms with E-state index in [-0.39, 0.29) is 7.43 Å². The maximum Gasteiger partial charge on any atom is -0.0102 e. The highest BCUT2D eigenvalue weighted by molar-refractivity contribution is 5.43. The highest BCUT2D eigenvalue weighted by Gasteiger charge is 2.10. The van der Waals surface area contributed by atoms with Gasteiger partial charge in [0.2, 0.25) is 0 Å². The third kappa shape index (κ3) is 1.31. The van der Waals surface area contributed by atoms with Gasteiger partial charge in [-0.25, -0.2) is 0 Å². The van der Waals surface area contributed by atoms with Gasteiger partial charge in [-0.05, 0) is 45.3 Å². The standard InChI is InChI=1S/C9H14.CH4/c1-6-5-7(2)9(4)8(6)3;/h5H2,1-4H3;1H4. The van der Waals surface area contributed by atoms with E-state index in [1.807, 2.05) is 0 Å². The fourth-order valence-electron chi connectivity index (χ4n) is 1.30. The maximum atomic E-state index is 2.22. The monoisotopic (exact) mass is 138 g/mol. The minimum Gasteiger partial charge on any atom is -0.0776 e. The summed E-state index contributed by atoms with van der Waals surface area (Å²) in [6, 6.07) is 0. The van der Waals surface area contributed by atoms with Crippen LogP contribution in [0.1, 0.15) is 41.5 Å². The third-order valence-electron chi connectivity index (χ3n) is 2.37. The molecule has 0 aromatic heterocycles. The summed E-state index contributed by atoms with van der Waals surface area (Å²) >= 11 is 0. The molecule has 0 nitrogen and oxygen atoms in total. The van der Waals surface area contributed by atoms with Crippen LogP contribution < -0.4 is 0 Å². The van der Waals surface area contributed by atoms with Crippen molar-refractivity contribution < 1.29 is 0 Å². The van der Waals surface area contributed by atoms with E-state index < -0.39 is 0 Å². The van der Waals surface area contributed by atoms with Gasteiger partial charge in [0.05, 0.1) is 0 Å². The molecule has 1 aliphatic carbocycles. The molecule has 0 fully saturated rings. The number of allylic oxidation sites excluding steroid dienone is 4. The molecule has 0 saturated heterocycles. The molecule has 1 rings (SSSR count). The molecule has 0 unspecified atom stereocenters. The van der Waals surface area contributed by atoms with Crippen LogP contribution >= 0.6 is 0 Å². The molecule has 0 saturated carbocycles. The molecule has 0 bridgehead atoms. The van der Waals surface area contributed by atoms with Gasteiger partial charge in [-0.15, -0.1) is 0 Å². The van der Waals surface area contributed by atoms with Crippen molar-refractivity contribution in [2.75, 3.05) is 0 Å². The molecule has 0 heteroatoms. The summed E-state index contributed by atoms with van der Waals surface area (Å²) in [6.07, 6.45) is 1.21. The van der Waals surface area contributed by atoms with Crippen LogP contribution in [0.15, 0.2) is 22.3 Å². The molecule has 0 radical (unpaired) electrons. The fourth-order valence-corrected chi connectivity index (χ4v) is 1.30. The van der Waals surface area contributed by atoms with E-state index in [0.717, 1.165) is 0 Å². The molecule has 0 atom stereocenters. The molecule has 58 valence electrons. The average molecular weight is 138 g/mol. The van der Waals surface area contributed by atoms with Gasteiger partial charge in [0.1, 0.15) is 0 Å². The molecule has 0 heterocycles. The maximum absolute atomic E-state index is 2.22. The minimum atomic E-state index is 0. The predicted molar refractivity (Wildman–Crippen MR) is 48.1 cm³/mol. The Hall–Kier alpha value is -0.520. The van der Waals surface area contributed by atoms with Crippen LogP contribution in [0, 0.1) is 0 Å². The van der Waals surface area contributed by atoms with E-state index in [0.29, 0.717) is 0 Å². The first-order chi connectivity index (χ1) is 4.13. The largest absolute Gasteiger partial charge is 0.0776 e. The molecule has 1 aliphatic rings. The quantitative estimate of drug-likeness (QED) is 0.479. The van der Waals surface area contributed by atoms with Crippen LogP contribution in [-0.2, 0) is 0 Å². The van der Waals surface area contributed by atoms with Gasteiger partial charge in [-0.2, -0.15) is 0 Å². The van der Waals surface area contributed by atoms with Gasteiger partial charge in [0, 0.05) is 0 Å². The van der Waals surface area contributed by atoms with Crippen molar-refractivity contribution in [2.45, 2.75) is 41.5 Å². The normalized spacial score (nSPS) is 18.0. The van der Waals surface area contributed by atoms with E-state index in [2.05, 4.69) is 27.7 Å². The summed E-state index contributed by atoms with van der Waals surface area (Å²) in [7, 11) is 0. The first-order valence-corrected chi connectivity index (χ1v) is 3.46. The highest BCUT2D eigenvalue weighted by atomic mass is 14.2. The van der Waals surface area contributed by atoms with Gasteiger partial charge < -0.3 is 0 Å². The SMILES string of the molecule is C.CC1=C(C)C(C)=C(C)C1. The third-order valence-corrected chi connectivity index (χ3v) is 2.37. The second-order valence-corrected chi connectivity index (χ2v) is 2.99. The Kier molecular flexibility index (Phi) is 2.89. The lowest BCUT2D eigenvalue weighted by molar-refractivity contribution is 1.13. The summed E-state index contributed by atoms with van der Waals surface area (Å²) in [6.45, 7) is 8.85. The molecular formula is C10H18. The zero-order valence-electron chi connectivity index (χ0n) is 6.71. The Morgan fingerprint density at radius 2 is 1.10 bits per heavy atom. The van der Waals surface area contributed by atoms with E-state index in [1.165, 1.54) is 17.6 Å². The predicted octanol–water partition coefficient (Wildman–Crippen LogP) is 3.70. The van der Waals surface area contributed by atoms with Crippen molar-refractivity contribution >= 4 is 0 Å². The zero-order chi connectivity index (χ0) is 7.02. The molecule has 0 N–H and O–H groups in total. The fraction of sp³-hybridized carbons (Fsp3) is 0.600. The van der Waals surface area contributed by atoms with Gasteiger partial charge in [-0.1, -0.05) is 18.6 Å². The molecule has 0 spiro atoms. The second-order valence-electron chi connectivity index (χ2n) is 2.99. The zero-order valence-corrected chi connectivity index (χ0v) is 6.71. The van der Waals surface area contributed by atoms with Crippen molar-refractivity contribution in [2.24, 2.45) is 0 Å². The van der Waals surface area contributed by atoms with Gasteiger partial charge in [-0.3, -0.25) is 0 Å². The van der Waals surface area contributed by atoms with E-state index in [9.17, 15) is 0 Å². The number of hydrogen-bond donors (Lipinski definition) is 0. The van der Waals surface area contributed by atoms with Crippen LogP contribution in [0.5, 0.6) is 0 Å². The summed E-state index contributed by atoms with van der Waals surface area (Å²) in [5.41, 5.74) is 6.11. The Labute approximate surface area is 64.6 Å². The first kappa shape index (κ1) is 9.48. The van der Waals surface area contributed by atoms with Crippen molar-refractivity contribution in [1.82, 2.24) is 0 Å². The molecule has 0 aromatic rings. The lowest BCUT2D eigenvalue weighted by atomic mass is 10.1. The Balaban J connectivity index is 0.000000810. The van der Waals surface area contributed by atoms with Crippen molar-refractivity contribution in [3.05, 3.63) is 22.3 Å². The smallest absolute Gasteiger partial charge is 0.0102 e. The summed E-state index contributed by atoms with van der Waals surface area (Å²) in [5.74, 6) is 0. The minimum absolute atomic E-state index is 0. The van der Waals surface area contributed by atoms with Crippen LogP contribution in [-0.4, -0.2) is 0 Å². The van der Waals surface area contributed by atoms with E-state index in [4.69, 9.17) is 0 Å². The number of rotatable bonds is 0. The van der Waals surface area contributed by atoms with Crippen LogP contribution in [0.2, 0.25) is 0 Å². The van der Waals surface area contributed by atoms with Crippen molar-refractivity contribution in [3.8, 4) is 0 Å². The summed E-state index contributed by atoms with van der Waals surface area (Å²) in [4.78, 5) is 0. The Morgan fingerprint density at radius 1 is 0.800 bits per heavy atom. The first-order valence-electron chi connectivity index (χ1n) is 3.46. The molecule has 10 heavy (non-hydrogen) atoms. The lowest BCUT2D eigenvalue weighted by Gasteiger charge is -1.94. The molecular weight excluding hydrogens is 120 g/mol. The van der Waals surface area contributed by atoms with Crippen LogP contribution in [0.4, 0.5) is 0 Å². The Morgan fingerprint density at radius 3 is 1.20 bits per heavy atom. The summed E-state index contributed by atoms with van der Waals surface area (Å²) < 4.78 is 0. The summed E-state index contributed by atoms with van der Waals surface area (Å²) in [5, 5.41) is 0. The van der Waals surface area contributed by atoms with E-state index >= 15 is 0 Å². The topological polar surface area (TPSA) is 0 Å². The van der Waals surface area contributed by atoms with E-state index in [1.54, 1.807) is 11.1 Å². The van der Waals surface area contributed by atoms with Crippen molar-refractivity contribution in [3.63, 3.8) is 0 Å². The van der Waals surface area contributed by atoms with Crippen molar-refractivity contribution in [1.29, 1.82) is 0 Å². The molecule has 0 amide bonds. The van der Waals surface area contributed by atoms with Gasteiger partial charge in [0.15, 0.2) is 0 Å². The number of hydrogen-bond acceptors (Lipinski definition) is 0. The second kappa shape index (κ2) is 3.05. The molecule has 0 aromatic carbocycles. The Bertz CT molecular complexity index is 170. The highest BCUT2D eigenvalue weighted by Crippen LogP contribution is 2.30. The van der Waals surface area contributed by atoms with Gasteiger partial charge in [0.25, 0.3) is 0 Å². The lowest BCUT2D eigenvalue weighted by Crippen LogP contribution is -1.74. The van der Waals surface area contributed by atoms with Gasteiger partial charge >= 0.3 is 0 Å². The average Bonchev–Trinajstić information content (AvgIpc) is 1.98.